The summed E-state index contributed by atoms with van der Waals surface area (Å²) in [4.78, 5) is 0. The number of hydrogen-bond donors (Lipinski definition) is 1. The third kappa shape index (κ3) is 2.65. The Morgan fingerprint density at radius 3 is 2.80 bits per heavy atom. The Hall–Kier alpha value is 0.540. The van der Waals surface area contributed by atoms with Crippen LogP contribution in [0, 0.1) is 5.92 Å². The van der Waals surface area contributed by atoms with Gasteiger partial charge in [-0.1, -0.05) is 6.92 Å². The monoisotopic (exact) mass is 183 g/mol. The van der Waals surface area contributed by atoms with E-state index >= 15 is 0 Å². The highest BCUT2D eigenvalue weighted by molar-refractivity contribution is 6.18. The van der Waals surface area contributed by atoms with E-state index in [2.05, 4.69) is 12.2 Å². The molecule has 1 heterocycles. The van der Waals surface area contributed by atoms with Gasteiger partial charge in [0.25, 0.3) is 0 Å². The average molecular weight is 184 g/mol. The van der Waals surface area contributed by atoms with Gasteiger partial charge in [0.2, 0.25) is 0 Å². The topological polar surface area (TPSA) is 16.6 Å². The zero-order chi connectivity index (χ0) is 6.69. The lowest BCUT2D eigenvalue weighted by Gasteiger charge is -2.11. The van der Waals surface area contributed by atoms with Crippen LogP contribution >= 0.6 is 11.6 Å². The lowest BCUT2D eigenvalue weighted by Crippen LogP contribution is -3.00. The molecule has 0 radical (unpaired) electrons. The first-order valence-corrected chi connectivity index (χ1v) is 4.27. The van der Waals surface area contributed by atoms with Gasteiger partial charge in [0.15, 0.2) is 0 Å². The molecule has 0 unspecified atom stereocenters. The molecule has 2 atom stereocenters. The van der Waals surface area contributed by atoms with Gasteiger partial charge in [-0.25, -0.2) is 0 Å². The van der Waals surface area contributed by atoms with Gasteiger partial charge in [-0.05, 0) is 0 Å². The molecule has 1 rings (SSSR count). The molecule has 1 aliphatic rings. The van der Waals surface area contributed by atoms with E-state index in [4.69, 9.17) is 11.6 Å². The van der Waals surface area contributed by atoms with E-state index in [1.807, 2.05) is 0 Å². The molecule has 0 saturated carbocycles. The molecule has 1 aliphatic heterocycles. The Labute approximate surface area is 73.9 Å². The van der Waals surface area contributed by atoms with Crippen LogP contribution in [0.3, 0.4) is 0 Å². The van der Waals surface area contributed by atoms with Crippen LogP contribution in [0.2, 0.25) is 0 Å². The molecule has 2 N–H and O–H groups in total. The number of rotatable bonds is 2. The van der Waals surface area contributed by atoms with Crippen LogP contribution in [0.5, 0.6) is 0 Å². The lowest BCUT2D eigenvalue weighted by molar-refractivity contribution is -0.675. The van der Waals surface area contributed by atoms with E-state index in [-0.39, 0.29) is 12.4 Å². The fourth-order valence-electron chi connectivity index (χ4n) is 1.43. The van der Waals surface area contributed by atoms with E-state index in [1.165, 1.54) is 19.4 Å². The minimum Gasteiger partial charge on any atom is -1.00 e. The summed E-state index contributed by atoms with van der Waals surface area (Å²) in [7, 11) is 0. The van der Waals surface area contributed by atoms with Crippen LogP contribution in [-0.2, 0) is 0 Å². The maximum Gasteiger partial charge on any atom is 0.0898 e. The van der Waals surface area contributed by atoms with Gasteiger partial charge in [-0.2, -0.15) is 0 Å². The Bertz CT molecular complexity index is 81.7. The normalized spacial score (nSPS) is 27.6. The predicted octanol–water partition coefficient (Wildman–Crippen LogP) is -2.41. The van der Waals surface area contributed by atoms with Crippen LogP contribution in [-0.4, -0.2) is 18.5 Å². The minimum absolute atomic E-state index is 0. The molecule has 0 bridgehead atoms. The van der Waals surface area contributed by atoms with Gasteiger partial charge in [-0.15, -0.1) is 11.6 Å². The Morgan fingerprint density at radius 2 is 2.40 bits per heavy atom. The summed E-state index contributed by atoms with van der Waals surface area (Å²) < 4.78 is 0. The summed E-state index contributed by atoms with van der Waals surface area (Å²) in [5.41, 5.74) is 0. The first-order chi connectivity index (χ1) is 4.34. The van der Waals surface area contributed by atoms with Gasteiger partial charge < -0.3 is 17.7 Å². The predicted molar refractivity (Wildman–Crippen MR) is 39.7 cm³/mol. The van der Waals surface area contributed by atoms with Gasteiger partial charge in [0.1, 0.15) is 0 Å². The molecule has 1 fully saturated rings. The lowest BCUT2D eigenvalue weighted by atomic mass is 10.0. The molecule has 1 saturated heterocycles. The van der Waals surface area contributed by atoms with Crippen molar-refractivity contribution in [3.8, 4) is 0 Å². The Balaban J connectivity index is 0.000000810. The quantitative estimate of drug-likeness (QED) is 0.460. The first-order valence-electron chi connectivity index (χ1n) is 3.74. The number of nitrogens with two attached hydrogens (primary N) is 1. The summed E-state index contributed by atoms with van der Waals surface area (Å²) in [6.45, 7) is 3.55. The number of quaternary nitrogens is 1. The first kappa shape index (κ1) is 10.5. The summed E-state index contributed by atoms with van der Waals surface area (Å²) in [5.74, 6) is 1.52. The highest BCUT2D eigenvalue weighted by Gasteiger charge is 2.23. The molecule has 1 nitrogen and oxygen atoms in total. The number of hydrogen-bond acceptors (Lipinski definition) is 0. The van der Waals surface area contributed by atoms with Crippen molar-refractivity contribution < 1.29 is 17.7 Å². The average Bonchev–Trinajstić information content (AvgIpc) is 2.37. The van der Waals surface area contributed by atoms with E-state index in [1.54, 1.807) is 0 Å². The third-order valence-corrected chi connectivity index (χ3v) is 2.67. The Kier molecular flexibility index (Phi) is 5.51. The molecule has 0 aromatic rings. The maximum atomic E-state index is 5.71. The van der Waals surface area contributed by atoms with Crippen molar-refractivity contribution in [3.63, 3.8) is 0 Å². The zero-order valence-electron chi connectivity index (χ0n) is 6.32. The number of halogens is 2. The van der Waals surface area contributed by atoms with Crippen LogP contribution in [0.25, 0.3) is 0 Å². The highest BCUT2D eigenvalue weighted by Crippen LogP contribution is 2.09. The molecule has 0 spiro atoms. The highest BCUT2D eigenvalue weighted by atomic mass is 35.5. The molecule has 10 heavy (non-hydrogen) atoms. The van der Waals surface area contributed by atoms with Gasteiger partial charge in [0, 0.05) is 24.6 Å². The van der Waals surface area contributed by atoms with Crippen LogP contribution < -0.4 is 17.7 Å². The summed E-state index contributed by atoms with van der Waals surface area (Å²) >= 11 is 5.71. The molecule has 62 valence electrons. The summed E-state index contributed by atoms with van der Waals surface area (Å²) in [6, 6.07) is 0.822. The molecule has 0 amide bonds. The van der Waals surface area contributed by atoms with Crippen molar-refractivity contribution in [2.45, 2.75) is 25.8 Å². The van der Waals surface area contributed by atoms with Gasteiger partial charge >= 0.3 is 0 Å². The Morgan fingerprint density at radius 1 is 1.70 bits per heavy atom. The van der Waals surface area contributed by atoms with Crippen LogP contribution in [0.1, 0.15) is 19.8 Å². The van der Waals surface area contributed by atoms with Crippen molar-refractivity contribution in [2.75, 3.05) is 12.4 Å². The largest absolute Gasteiger partial charge is 1.00 e. The smallest absolute Gasteiger partial charge is 0.0898 e. The van der Waals surface area contributed by atoms with E-state index < -0.39 is 0 Å². The second-order valence-corrected chi connectivity index (χ2v) is 3.27. The maximum absolute atomic E-state index is 5.71. The van der Waals surface area contributed by atoms with E-state index in [9.17, 15) is 0 Å². The summed E-state index contributed by atoms with van der Waals surface area (Å²) in [6.07, 6.45) is 2.75. The van der Waals surface area contributed by atoms with Crippen molar-refractivity contribution in [3.05, 3.63) is 0 Å². The zero-order valence-corrected chi connectivity index (χ0v) is 7.83. The molecule has 0 aromatic heterocycles. The fraction of sp³-hybridized carbons (Fsp3) is 1.00. The van der Waals surface area contributed by atoms with E-state index in [0.717, 1.165) is 11.9 Å². The van der Waals surface area contributed by atoms with Gasteiger partial charge in [0.05, 0.1) is 12.6 Å². The fourth-order valence-corrected chi connectivity index (χ4v) is 1.66. The van der Waals surface area contributed by atoms with Crippen molar-refractivity contribution in [1.82, 2.24) is 0 Å². The van der Waals surface area contributed by atoms with Crippen LogP contribution in [0.15, 0.2) is 0 Å². The standard InChI is InChI=1S/C7H14ClN.ClH/c1-6(5-8)7-3-2-4-9-7;/h6-7,9H,2-5H2,1H3;1H/t6-,7+;/m1./s1. The third-order valence-electron chi connectivity index (χ3n) is 2.19. The number of alkyl halides is 1. The van der Waals surface area contributed by atoms with Crippen LogP contribution in [0.4, 0.5) is 0 Å². The van der Waals surface area contributed by atoms with Crippen molar-refractivity contribution in [1.29, 1.82) is 0 Å². The molecule has 3 heteroatoms. The second-order valence-electron chi connectivity index (χ2n) is 2.96. The molecule has 0 aliphatic carbocycles. The van der Waals surface area contributed by atoms with E-state index in [0.29, 0.717) is 5.92 Å². The molecular weight excluding hydrogens is 169 g/mol. The molecule has 0 aromatic carbocycles. The molecular formula is C7H15Cl2N. The van der Waals surface area contributed by atoms with Crippen molar-refractivity contribution >= 4 is 11.6 Å². The second kappa shape index (κ2) is 5.22. The van der Waals surface area contributed by atoms with Crippen molar-refractivity contribution in [2.24, 2.45) is 5.92 Å². The van der Waals surface area contributed by atoms with Gasteiger partial charge in [-0.3, -0.25) is 0 Å². The minimum atomic E-state index is 0. The summed E-state index contributed by atoms with van der Waals surface area (Å²) in [5, 5.41) is 2.42. The SMILES string of the molecule is C[C@H](CCl)[C@@H]1CCC[NH2+]1.[Cl-].